The van der Waals surface area contributed by atoms with Gasteiger partial charge < -0.3 is 0 Å². The predicted octanol–water partition coefficient (Wildman–Crippen LogP) is 3.12. The molecule has 0 bridgehead atoms. The Kier molecular flexibility index (Phi) is 3.33. The van der Waals surface area contributed by atoms with Gasteiger partial charge in [0.15, 0.2) is 11.0 Å². The zero-order valence-corrected chi connectivity index (χ0v) is 10.9. The molecule has 0 amide bonds. The lowest BCUT2D eigenvalue weighted by Crippen LogP contribution is -2.02. The Morgan fingerprint density at radius 2 is 2.18 bits per heavy atom. The summed E-state index contributed by atoms with van der Waals surface area (Å²) in [6.45, 7) is 8.64. The van der Waals surface area contributed by atoms with E-state index in [2.05, 4.69) is 48.5 Å². The molecule has 88 valence electrons. The summed E-state index contributed by atoms with van der Waals surface area (Å²) in [5.74, 6) is 0.835. The maximum absolute atomic E-state index is 4.32. The monoisotopic (exact) mass is 245 g/mol. The van der Waals surface area contributed by atoms with Gasteiger partial charge in [-0.1, -0.05) is 35.9 Å². The average molecular weight is 245 g/mol. The molecule has 0 atom stereocenters. The van der Waals surface area contributed by atoms with E-state index in [1.807, 2.05) is 23.6 Å². The van der Waals surface area contributed by atoms with Crippen LogP contribution in [0.25, 0.3) is 11.4 Å². The van der Waals surface area contributed by atoms with Gasteiger partial charge in [-0.05, 0) is 19.9 Å². The highest BCUT2D eigenvalue weighted by Crippen LogP contribution is 2.21. The summed E-state index contributed by atoms with van der Waals surface area (Å²) in [6.07, 6.45) is 0. The van der Waals surface area contributed by atoms with E-state index < -0.39 is 0 Å². The molecule has 0 N–H and O–H groups in total. The van der Waals surface area contributed by atoms with Crippen LogP contribution in [-0.4, -0.2) is 14.8 Å². The number of benzene rings is 1. The van der Waals surface area contributed by atoms with Gasteiger partial charge in [-0.2, -0.15) is 0 Å². The van der Waals surface area contributed by atoms with Gasteiger partial charge in [0.1, 0.15) is 0 Å². The Labute approximate surface area is 107 Å². The van der Waals surface area contributed by atoms with Gasteiger partial charge in [0, 0.05) is 12.1 Å². The SMILES string of the molecule is C=C(C)Cn1c(S)nnc1-c1cccc(C)c1. The molecule has 0 saturated heterocycles. The third-order valence-corrected chi connectivity index (χ3v) is 2.77. The zero-order valence-electron chi connectivity index (χ0n) is 10.0. The number of rotatable bonds is 3. The van der Waals surface area contributed by atoms with Crippen molar-refractivity contribution in [1.29, 1.82) is 0 Å². The smallest absolute Gasteiger partial charge is 0.188 e. The van der Waals surface area contributed by atoms with Crippen LogP contribution < -0.4 is 0 Å². The topological polar surface area (TPSA) is 30.7 Å². The highest BCUT2D eigenvalue weighted by molar-refractivity contribution is 7.80. The maximum atomic E-state index is 4.32. The van der Waals surface area contributed by atoms with Gasteiger partial charge in [-0.25, -0.2) is 0 Å². The van der Waals surface area contributed by atoms with Crippen molar-refractivity contribution >= 4 is 12.6 Å². The van der Waals surface area contributed by atoms with E-state index in [0.717, 1.165) is 17.0 Å². The van der Waals surface area contributed by atoms with Gasteiger partial charge in [-0.3, -0.25) is 4.57 Å². The minimum absolute atomic E-state index is 0.615. The Bertz CT molecular complexity index is 558. The molecular formula is C13H15N3S. The molecule has 2 rings (SSSR count). The third kappa shape index (κ3) is 2.58. The van der Waals surface area contributed by atoms with Crippen LogP contribution in [0.15, 0.2) is 41.6 Å². The van der Waals surface area contributed by atoms with E-state index in [1.54, 1.807) is 0 Å². The first-order valence-electron chi connectivity index (χ1n) is 5.41. The average Bonchev–Trinajstić information content (AvgIpc) is 2.60. The van der Waals surface area contributed by atoms with E-state index in [4.69, 9.17) is 0 Å². The van der Waals surface area contributed by atoms with E-state index in [9.17, 15) is 0 Å². The van der Waals surface area contributed by atoms with Crippen LogP contribution in [0.1, 0.15) is 12.5 Å². The number of hydrogen-bond acceptors (Lipinski definition) is 3. The summed E-state index contributed by atoms with van der Waals surface area (Å²) >= 11 is 4.32. The lowest BCUT2D eigenvalue weighted by Gasteiger charge is -2.08. The van der Waals surface area contributed by atoms with Gasteiger partial charge in [0.25, 0.3) is 0 Å². The Morgan fingerprint density at radius 1 is 1.41 bits per heavy atom. The molecule has 0 spiro atoms. The number of thiol groups is 1. The van der Waals surface area contributed by atoms with E-state index in [1.165, 1.54) is 5.56 Å². The summed E-state index contributed by atoms with van der Waals surface area (Å²) in [7, 11) is 0. The van der Waals surface area contributed by atoms with Crippen molar-refractivity contribution in [1.82, 2.24) is 14.8 Å². The molecule has 1 aromatic heterocycles. The van der Waals surface area contributed by atoms with Crippen LogP contribution in [0.5, 0.6) is 0 Å². The predicted molar refractivity (Wildman–Crippen MR) is 72.3 cm³/mol. The van der Waals surface area contributed by atoms with Crippen LogP contribution in [0, 0.1) is 6.92 Å². The molecule has 0 radical (unpaired) electrons. The summed E-state index contributed by atoms with van der Waals surface area (Å²) in [5, 5.41) is 8.80. The molecule has 0 aliphatic rings. The van der Waals surface area contributed by atoms with Crippen LogP contribution in [0.3, 0.4) is 0 Å². The fraction of sp³-hybridized carbons (Fsp3) is 0.231. The van der Waals surface area contributed by atoms with Crippen molar-refractivity contribution in [2.75, 3.05) is 0 Å². The largest absolute Gasteiger partial charge is 0.298 e. The first kappa shape index (κ1) is 11.9. The molecule has 0 unspecified atom stereocenters. The van der Waals surface area contributed by atoms with Crippen LogP contribution >= 0.6 is 12.6 Å². The normalized spacial score (nSPS) is 10.5. The number of hydrogen-bond donors (Lipinski definition) is 1. The van der Waals surface area contributed by atoms with Gasteiger partial charge in [-0.15, -0.1) is 22.8 Å². The third-order valence-electron chi connectivity index (χ3n) is 2.44. The maximum Gasteiger partial charge on any atom is 0.188 e. The summed E-state index contributed by atoms with van der Waals surface area (Å²) in [4.78, 5) is 0. The van der Waals surface area contributed by atoms with Crippen molar-refractivity contribution in [3.05, 3.63) is 42.0 Å². The first-order chi connectivity index (χ1) is 8.08. The molecule has 3 nitrogen and oxygen atoms in total. The Hall–Kier alpha value is -1.55. The number of aryl methyl sites for hydroxylation is 1. The highest BCUT2D eigenvalue weighted by atomic mass is 32.1. The molecular weight excluding hydrogens is 230 g/mol. The molecule has 2 aromatic rings. The van der Waals surface area contributed by atoms with Crippen molar-refractivity contribution in [3.63, 3.8) is 0 Å². The van der Waals surface area contributed by atoms with Crippen LogP contribution in [0.2, 0.25) is 0 Å². The second-order valence-electron chi connectivity index (χ2n) is 4.24. The molecule has 0 fully saturated rings. The number of aromatic nitrogens is 3. The van der Waals surface area contributed by atoms with Crippen molar-refractivity contribution in [3.8, 4) is 11.4 Å². The second-order valence-corrected chi connectivity index (χ2v) is 4.64. The van der Waals surface area contributed by atoms with Crippen molar-refractivity contribution in [2.45, 2.75) is 25.5 Å². The van der Waals surface area contributed by atoms with E-state index in [-0.39, 0.29) is 0 Å². The lowest BCUT2D eigenvalue weighted by atomic mass is 10.1. The highest BCUT2D eigenvalue weighted by Gasteiger charge is 2.11. The summed E-state index contributed by atoms with van der Waals surface area (Å²) in [5.41, 5.74) is 3.31. The fourth-order valence-corrected chi connectivity index (χ4v) is 1.92. The molecule has 0 aliphatic heterocycles. The molecule has 17 heavy (non-hydrogen) atoms. The fourth-order valence-electron chi connectivity index (χ4n) is 1.71. The first-order valence-corrected chi connectivity index (χ1v) is 5.86. The van der Waals surface area contributed by atoms with Crippen molar-refractivity contribution in [2.24, 2.45) is 0 Å². The van der Waals surface area contributed by atoms with Crippen molar-refractivity contribution < 1.29 is 0 Å². The standard InChI is InChI=1S/C13H15N3S/c1-9(2)8-16-12(14-15-13(16)17)11-6-4-5-10(3)7-11/h4-7H,1,8H2,2-3H3,(H,15,17). The minimum atomic E-state index is 0.615. The minimum Gasteiger partial charge on any atom is -0.298 e. The van der Waals surface area contributed by atoms with Gasteiger partial charge in [0.05, 0.1) is 0 Å². The quantitative estimate of drug-likeness (QED) is 0.665. The zero-order chi connectivity index (χ0) is 12.4. The Morgan fingerprint density at radius 3 is 2.82 bits per heavy atom. The molecule has 0 aliphatic carbocycles. The van der Waals surface area contributed by atoms with Gasteiger partial charge in [0.2, 0.25) is 0 Å². The number of nitrogens with zero attached hydrogens (tertiary/aromatic N) is 3. The molecule has 1 heterocycles. The van der Waals surface area contributed by atoms with Crippen LogP contribution in [-0.2, 0) is 6.54 Å². The number of allylic oxidation sites excluding steroid dienone is 1. The van der Waals surface area contributed by atoms with Crippen LogP contribution in [0.4, 0.5) is 0 Å². The Balaban J connectivity index is 2.48. The molecule has 1 aromatic carbocycles. The van der Waals surface area contributed by atoms with E-state index in [0.29, 0.717) is 11.7 Å². The molecule has 0 saturated carbocycles. The molecule has 4 heteroatoms. The second kappa shape index (κ2) is 4.75. The van der Waals surface area contributed by atoms with E-state index >= 15 is 0 Å². The van der Waals surface area contributed by atoms with Gasteiger partial charge >= 0.3 is 0 Å². The summed E-state index contributed by atoms with van der Waals surface area (Å²) < 4.78 is 1.96. The summed E-state index contributed by atoms with van der Waals surface area (Å²) in [6, 6.07) is 8.19. The lowest BCUT2D eigenvalue weighted by molar-refractivity contribution is 0.709.